The van der Waals surface area contributed by atoms with Gasteiger partial charge in [-0.1, -0.05) is 23.7 Å². The predicted molar refractivity (Wildman–Crippen MR) is 120 cm³/mol. The molecule has 3 aromatic rings. The SMILES string of the molecule is O=C1S/C(=C\c2ccc(-c3cccc([N+](=O)[O-])c3)o2)C(=O)N1Cc1cc2c(cc1Cl)OCO2. The van der Waals surface area contributed by atoms with Crippen molar-refractivity contribution in [3.63, 3.8) is 0 Å². The molecule has 0 saturated carbocycles. The van der Waals surface area contributed by atoms with Gasteiger partial charge >= 0.3 is 0 Å². The molecule has 11 heteroatoms. The Bertz CT molecular complexity index is 1350. The van der Waals surface area contributed by atoms with E-state index in [1.807, 2.05) is 0 Å². The smallest absolute Gasteiger partial charge is 0.293 e. The normalized spacial score (nSPS) is 16.2. The van der Waals surface area contributed by atoms with Crippen molar-refractivity contribution >= 4 is 46.3 Å². The van der Waals surface area contributed by atoms with Gasteiger partial charge in [0.05, 0.1) is 16.4 Å². The number of fused-ring (bicyclic) bond motifs is 1. The van der Waals surface area contributed by atoms with Crippen LogP contribution in [-0.2, 0) is 11.3 Å². The Balaban J connectivity index is 1.36. The average molecular weight is 485 g/mol. The number of nitrogens with zero attached hydrogens (tertiary/aromatic N) is 2. The number of rotatable bonds is 5. The van der Waals surface area contributed by atoms with Crippen LogP contribution in [0.5, 0.6) is 11.5 Å². The van der Waals surface area contributed by atoms with Gasteiger partial charge in [0.15, 0.2) is 11.5 Å². The molecule has 9 nitrogen and oxygen atoms in total. The number of amides is 2. The summed E-state index contributed by atoms with van der Waals surface area (Å²) in [6.45, 7) is 0.0649. The van der Waals surface area contributed by atoms with Crippen molar-refractivity contribution in [2.24, 2.45) is 0 Å². The molecule has 1 saturated heterocycles. The molecule has 0 spiro atoms. The van der Waals surface area contributed by atoms with E-state index in [2.05, 4.69) is 0 Å². The second-order valence-corrected chi connectivity index (χ2v) is 8.47. The lowest BCUT2D eigenvalue weighted by Crippen LogP contribution is -2.27. The lowest BCUT2D eigenvalue weighted by molar-refractivity contribution is -0.384. The lowest BCUT2D eigenvalue weighted by Gasteiger charge is -2.14. The standard InChI is InChI=1S/C22H13ClN2O7S/c23-16-9-19-18(30-11-31-19)7-13(16)10-24-21(26)20(33-22(24)27)8-15-4-5-17(32-15)12-2-1-3-14(6-12)25(28)29/h1-9H,10-11H2/b20-8-. The number of nitro benzene ring substituents is 1. The Labute approximate surface area is 195 Å². The third-order valence-corrected chi connectivity index (χ3v) is 6.24. The van der Waals surface area contributed by atoms with Gasteiger partial charge in [-0.3, -0.25) is 24.6 Å². The van der Waals surface area contributed by atoms with Gasteiger partial charge in [0, 0.05) is 34.9 Å². The molecule has 2 aromatic carbocycles. The van der Waals surface area contributed by atoms with E-state index in [0.717, 1.165) is 16.7 Å². The van der Waals surface area contributed by atoms with Gasteiger partial charge in [0.2, 0.25) is 6.79 Å². The maximum atomic E-state index is 12.9. The monoisotopic (exact) mass is 484 g/mol. The first-order valence-corrected chi connectivity index (χ1v) is 10.8. The summed E-state index contributed by atoms with van der Waals surface area (Å²) in [5.74, 6) is 1.27. The first kappa shape index (κ1) is 21.1. The molecule has 2 aliphatic rings. The maximum absolute atomic E-state index is 12.9. The fourth-order valence-corrected chi connectivity index (χ4v) is 4.41. The highest BCUT2D eigenvalue weighted by Crippen LogP contribution is 2.39. The third-order valence-electron chi connectivity index (χ3n) is 4.99. The summed E-state index contributed by atoms with van der Waals surface area (Å²) in [5, 5.41) is 10.9. The summed E-state index contributed by atoms with van der Waals surface area (Å²) in [5.41, 5.74) is 1.01. The van der Waals surface area contributed by atoms with Gasteiger partial charge < -0.3 is 13.9 Å². The Morgan fingerprint density at radius 1 is 1.12 bits per heavy atom. The van der Waals surface area contributed by atoms with Crippen LogP contribution in [0.1, 0.15) is 11.3 Å². The molecule has 1 fully saturated rings. The van der Waals surface area contributed by atoms with Crippen LogP contribution in [0.25, 0.3) is 17.4 Å². The zero-order valence-electron chi connectivity index (χ0n) is 16.6. The van der Waals surface area contributed by atoms with Crippen LogP contribution in [-0.4, -0.2) is 27.8 Å². The van der Waals surface area contributed by atoms with Gasteiger partial charge in [0.1, 0.15) is 11.5 Å². The largest absolute Gasteiger partial charge is 0.457 e. The molecular formula is C22H13ClN2O7S. The molecule has 3 heterocycles. The second-order valence-electron chi connectivity index (χ2n) is 7.07. The molecule has 166 valence electrons. The molecule has 5 rings (SSSR count). The second kappa shape index (κ2) is 8.30. The zero-order chi connectivity index (χ0) is 23.1. The van der Waals surface area contributed by atoms with E-state index in [9.17, 15) is 19.7 Å². The van der Waals surface area contributed by atoms with E-state index in [4.69, 9.17) is 25.5 Å². The van der Waals surface area contributed by atoms with Crippen molar-refractivity contribution in [1.29, 1.82) is 0 Å². The van der Waals surface area contributed by atoms with E-state index >= 15 is 0 Å². The minimum atomic E-state index is -0.490. The van der Waals surface area contributed by atoms with Gasteiger partial charge in [-0.2, -0.15) is 0 Å². The molecule has 0 unspecified atom stereocenters. The van der Waals surface area contributed by atoms with Gasteiger partial charge in [-0.15, -0.1) is 0 Å². The fourth-order valence-electron chi connectivity index (χ4n) is 3.37. The van der Waals surface area contributed by atoms with Crippen LogP contribution in [0.4, 0.5) is 10.5 Å². The van der Waals surface area contributed by atoms with E-state index in [1.165, 1.54) is 18.2 Å². The molecule has 0 radical (unpaired) electrons. The number of thioether (sulfide) groups is 1. The molecule has 1 aromatic heterocycles. The van der Waals surface area contributed by atoms with Crippen molar-refractivity contribution < 1.29 is 28.4 Å². The fraction of sp³-hybridized carbons (Fsp3) is 0.0909. The number of benzene rings is 2. The van der Waals surface area contributed by atoms with Crippen molar-refractivity contribution in [1.82, 2.24) is 4.90 Å². The zero-order valence-corrected chi connectivity index (χ0v) is 18.2. The lowest BCUT2D eigenvalue weighted by atomic mass is 10.1. The number of non-ortho nitro benzene ring substituents is 1. The van der Waals surface area contributed by atoms with E-state index in [1.54, 1.807) is 36.4 Å². The Morgan fingerprint density at radius 3 is 2.70 bits per heavy atom. The molecule has 2 amide bonds. The number of carbonyl (C=O) groups is 2. The predicted octanol–water partition coefficient (Wildman–Crippen LogP) is 5.47. The number of nitro groups is 1. The Hall–Kier alpha value is -3.76. The van der Waals surface area contributed by atoms with Gasteiger partial charge in [-0.05, 0) is 35.5 Å². The van der Waals surface area contributed by atoms with Crippen LogP contribution in [0, 0.1) is 10.1 Å². The average Bonchev–Trinajstić information content (AvgIpc) is 3.51. The number of furan rings is 1. The molecule has 0 bridgehead atoms. The van der Waals surface area contributed by atoms with Crippen molar-refractivity contribution in [3.05, 3.63) is 79.9 Å². The molecule has 33 heavy (non-hydrogen) atoms. The molecule has 0 N–H and O–H groups in total. The highest BCUT2D eigenvalue weighted by atomic mass is 35.5. The van der Waals surface area contributed by atoms with Crippen molar-refractivity contribution in [2.75, 3.05) is 6.79 Å². The topological polar surface area (TPSA) is 112 Å². The first-order chi connectivity index (χ1) is 15.9. The molecular weight excluding hydrogens is 472 g/mol. The van der Waals surface area contributed by atoms with E-state index < -0.39 is 16.1 Å². The number of hydrogen-bond donors (Lipinski definition) is 0. The maximum Gasteiger partial charge on any atom is 0.293 e. The highest BCUT2D eigenvalue weighted by Gasteiger charge is 2.36. The van der Waals surface area contributed by atoms with Crippen LogP contribution < -0.4 is 9.47 Å². The summed E-state index contributed by atoms with van der Waals surface area (Å²) < 4.78 is 16.3. The number of imide groups is 1. The Kier molecular flexibility index (Phi) is 5.31. The van der Waals surface area contributed by atoms with E-state index in [-0.39, 0.29) is 23.9 Å². The molecule has 0 atom stereocenters. The minimum absolute atomic E-state index is 0.0193. The molecule has 0 aliphatic carbocycles. The van der Waals surface area contributed by atoms with Crippen LogP contribution in [0.15, 0.2) is 57.9 Å². The van der Waals surface area contributed by atoms with Crippen LogP contribution in [0.2, 0.25) is 5.02 Å². The first-order valence-electron chi connectivity index (χ1n) is 9.57. The van der Waals surface area contributed by atoms with Gasteiger partial charge in [-0.25, -0.2) is 0 Å². The number of carbonyl (C=O) groups excluding carboxylic acids is 2. The summed E-state index contributed by atoms with van der Waals surface area (Å²) in [6.07, 6.45) is 1.47. The summed E-state index contributed by atoms with van der Waals surface area (Å²) in [6, 6.07) is 12.5. The minimum Gasteiger partial charge on any atom is -0.457 e. The quantitative estimate of drug-likeness (QED) is 0.266. The van der Waals surface area contributed by atoms with Crippen LogP contribution in [0.3, 0.4) is 0 Å². The van der Waals surface area contributed by atoms with Gasteiger partial charge in [0.25, 0.3) is 16.8 Å². The highest BCUT2D eigenvalue weighted by molar-refractivity contribution is 8.18. The third kappa shape index (κ3) is 4.06. The van der Waals surface area contributed by atoms with Crippen LogP contribution >= 0.6 is 23.4 Å². The van der Waals surface area contributed by atoms with E-state index in [0.29, 0.717) is 39.2 Å². The number of halogens is 1. The number of hydrogen-bond acceptors (Lipinski definition) is 8. The summed E-state index contributed by atoms with van der Waals surface area (Å²) >= 11 is 7.06. The molecule has 2 aliphatic heterocycles. The summed E-state index contributed by atoms with van der Waals surface area (Å²) in [4.78, 5) is 37.1. The van der Waals surface area contributed by atoms with Crippen molar-refractivity contribution in [2.45, 2.75) is 6.54 Å². The summed E-state index contributed by atoms with van der Waals surface area (Å²) in [7, 11) is 0. The number of ether oxygens (including phenoxy) is 2. The van der Waals surface area contributed by atoms with Crippen molar-refractivity contribution in [3.8, 4) is 22.8 Å². The Morgan fingerprint density at radius 2 is 1.91 bits per heavy atom.